The molecule has 2 heterocycles. The number of amides is 1. The third-order valence-electron chi connectivity index (χ3n) is 3.63. The number of nitrogens with one attached hydrogen (secondary N) is 1. The predicted molar refractivity (Wildman–Crippen MR) is 69.1 cm³/mol. The molecule has 0 radical (unpaired) electrons. The zero-order chi connectivity index (χ0) is 14.1. The molecular formula is C14H17NO5. The summed E-state index contributed by atoms with van der Waals surface area (Å²) in [5.41, 5.74) is 0.573. The molecule has 2 fully saturated rings. The minimum atomic E-state index is -0.622. The van der Waals surface area contributed by atoms with Gasteiger partial charge in [-0.15, -0.1) is 0 Å². The van der Waals surface area contributed by atoms with Crippen LogP contribution >= 0.6 is 0 Å². The number of aliphatic hydroxyl groups excluding tert-OH is 1. The van der Waals surface area contributed by atoms with Crippen LogP contribution < -0.4 is 5.32 Å². The van der Waals surface area contributed by atoms with E-state index in [2.05, 4.69) is 5.32 Å². The lowest BCUT2D eigenvalue weighted by Gasteiger charge is -2.32. The van der Waals surface area contributed by atoms with Crippen molar-refractivity contribution in [2.75, 3.05) is 13.7 Å². The Hall–Kier alpha value is -1.47. The molecule has 2 saturated heterocycles. The molecule has 5 atom stereocenters. The first kappa shape index (κ1) is 13.5. The highest BCUT2D eigenvalue weighted by Crippen LogP contribution is 2.37. The molecule has 0 aromatic heterocycles. The van der Waals surface area contributed by atoms with Crippen molar-refractivity contribution < 1.29 is 24.1 Å². The molecule has 108 valence electrons. The highest BCUT2D eigenvalue weighted by atomic mass is 16.7. The summed E-state index contributed by atoms with van der Waals surface area (Å²) in [6, 6.07) is 8.56. The summed E-state index contributed by atoms with van der Waals surface area (Å²) in [5, 5.41) is 12.1. The molecule has 0 aliphatic carbocycles. The van der Waals surface area contributed by atoms with Gasteiger partial charge in [-0.05, 0) is 12.1 Å². The molecule has 0 unspecified atom stereocenters. The van der Waals surface area contributed by atoms with Gasteiger partial charge in [-0.25, -0.2) is 0 Å². The first-order valence-corrected chi connectivity index (χ1v) is 6.55. The first-order chi connectivity index (χ1) is 9.74. The number of ether oxygens (including phenoxy) is 3. The lowest BCUT2D eigenvalue weighted by atomic mass is 10.0. The van der Waals surface area contributed by atoms with E-state index in [1.165, 1.54) is 7.11 Å². The molecule has 1 aromatic rings. The molecule has 1 amide bonds. The van der Waals surface area contributed by atoms with Gasteiger partial charge in [0.15, 0.2) is 6.29 Å². The highest BCUT2D eigenvalue weighted by Gasteiger charge is 2.58. The normalized spacial score (nSPS) is 35.2. The Labute approximate surface area is 116 Å². The van der Waals surface area contributed by atoms with Gasteiger partial charge in [0.05, 0.1) is 6.61 Å². The smallest absolute Gasteiger partial charge is 0.251 e. The largest absolute Gasteiger partial charge is 0.394 e. The van der Waals surface area contributed by atoms with Crippen molar-refractivity contribution in [1.82, 2.24) is 5.32 Å². The quantitative estimate of drug-likeness (QED) is 0.753. The van der Waals surface area contributed by atoms with Crippen molar-refractivity contribution in [3.63, 3.8) is 0 Å². The summed E-state index contributed by atoms with van der Waals surface area (Å²) >= 11 is 0. The van der Waals surface area contributed by atoms with E-state index in [0.717, 1.165) is 0 Å². The SMILES string of the molecule is CO[C@H]1O[C@@H](CO)[C@H]2O[C@H]2[C@@H]1NC(=O)c1ccccc1. The van der Waals surface area contributed by atoms with Crippen molar-refractivity contribution >= 4 is 5.91 Å². The van der Waals surface area contributed by atoms with Crippen LogP contribution in [0.4, 0.5) is 0 Å². The van der Waals surface area contributed by atoms with Crippen LogP contribution in [0.2, 0.25) is 0 Å². The van der Waals surface area contributed by atoms with Crippen LogP contribution in [0.3, 0.4) is 0 Å². The minimum absolute atomic E-state index is 0.125. The van der Waals surface area contributed by atoms with Crippen LogP contribution in [0.25, 0.3) is 0 Å². The number of methoxy groups -OCH3 is 1. The third kappa shape index (κ3) is 2.43. The highest BCUT2D eigenvalue weighted by molar-refractivity contribution is 5.94. The van der Waals surface area contributed by atoms with Gasteiger partial charge in [-0.2, -0.15) is 0 Å². The monoisotopic (exact) mass is 279 g/mol. The van der Waals surface area contributed by atoms with Gasteiger partial charge >= 0.3 is 0 Å². The van der Waals surface area contributed by atoms with Gasteiger partial charge < -0.3 is 24.6 Å². The van der Waals surface area contributed by atoms with E-state index < -0.39 is 12.4 Å². The number of aliphatic hydroxyl groups is 1. The molecular weight excluding hydrogens is 262 g/mol. The van der Waals surface area contributed by atoms with Gasteiger partial charge in [0.25, 0.3) is 5.91 Å². The third-order valence-corrected chi connectivity index (χ3v) is 3.63. The van der Waals surface area contributed by atoms with Gasteiger partial charge in [-0.3, -0.25) is 4.79 Å². The molecule has 6 nitrogen and oxygen atoms in total. The predicted octanol–water partition coefficient (Wildman–Crippen LogP) is -0.0840. The number of benzene rings is 1. The second-order valence-corrected chi connectivity index (χ2v) is 4.89. The van der Waals surface area contributed by atoms with E-state index in [1.54, 1.807) is 24.3 Å². The van der Waals surface area contributed by atoms with E-state index in [9.17, 15) is 9.90 Å². The molecule has 3 rings (SSSR count). The number of hydrogen-bond acceptors (Lipinski definition) is 5. The fraction of sp³-hybridized carbons (Fsp3) is 0.500. The Bertz CT molecular complexity index is 480. The summed E-state index contributed by atoms with van der Waals surface area (Å²) in [6.07, 6.45) is -1.36. The fourth-order valence-corrected chi connectivity index (χ4v) is 2.54. The molecule has 0 bridgehead atoms. The van der Waals surface area contributed by atoms with Crippen LogP contribution in [0.1, 0.15) is 10.4 Å². The van der Waals surface area contributed by atoms with E-state index in [0.29, 0.717) is 5.56 Å². The fourth-order valence-electron chi connectivity index (χ4n) is 2.54. The molecule has 0 saturated carbocycles. The molecule has 6 heteroatoms. The summed E-state index contributed by atoms with van der Waals surface area (Å²) in [7, 11) is 1.50. The standard InChI is InChI=1S/C14H17NO5/c1-18-14-10(12-11(20-12)9(7-16)19-14)15-13(17)8-5-3-2-4-6-8/h2-6,9-12,14,16H,7H2,1H3,(H,15,17)/t9-,10-,11+,12-,14-/m0/s1. The molecule has 20 heavy (non-hydrogen) atoms. The average Bonchev–Trinajstić information content (AvgIpc) is 3.29. The number of carbonyl (C=O) groups excluding carboxylic acids is 1. The van der Waals surface area contributed by atoms with Crippen LogP contribution in [-0.4, -0.2) is 55.4 Å². The van der Waals surface area contributed by atoms with Crippen molar-refractivity contribution in [3.8, 4) is 0 Å². The second-order valence-electron chi connectivity index (χ2n) is 4.89. The molecule has 2 aliphatic rings. The van der Waals surface area contributed by atoms with Gasteiger partial charge in [0.1, 0.15) is 24.4 Å². The molecule has 2 N–H and O–H groups in total. The second kappa shape index (κ2) is 5.49. The number of carbonyl (C=O) groups is 1. The summed E-state index contributed by atoms with van der Waals surface area (Å²) in [5.74, 6) is -0.196. The van der Waals surface area contributed by atoms with Crippen molar-refractivity contribution in [3.05, 3.63) is 35.9 Å². The maximum Gasteiger partial charge on any atom is 0.251 e. The Morgan fingerprint density at radius 3 is 2.70 bits per heavy atom. The topological polar surface area (TPSA) is 80.3 Å². The van der Waals surface area contributed by atoms with E-state index in [1.807, 2.05) is 6.07 Å². The number of hydrogen-bond donors (Lipinski definition) is 2. The van der Waals surface area contributed by atoms with Crippen molar-refractivity contribution in [2.45, 2.75) is 30.6 Å². The number of epoxide rings is 1. The maximum absolute atomic E-state index is 12.2. The number of fused-ring (bicyclic) bond motifs is 1. The molecule has 2 aliphatic heterocycles. The maximum atomic E-state index is 12.2. The van der Waals surface area contributed by atoms with Crippen LogP contribution in [0.15, 0.2) is 30.3 Å². The Kier molecular flexibility index (Phi) is 3.71. The van der Waals surface area contributed by atoms with Gasteiger partial charge in [0, 0.05) is 12.7 Å². The summed E-state index contributed by atoms with van der Waals surface area (Å²) in [4.78, 5) is 12.2. The van der Waals surface area contributed by atoms with Gasteiger partial charge in [-0.1, -0.05) is 18.2 Å². The number of rotatable bonds is 4. The Morgan fingerprint density at radius 2 is 2.05 bits per heavy atom. The van der Waals surface area contributed by atoms with E-state index in [-0.39, 0.29) is 30.8 Å². The van der Waals surface area contributed by atoms with E-state index in [4.69, 9.17) is 14.2 Å². The van der Waals surface area contributed by atoms with E-state index >= 15 is 0 Å². The first-order valence-electron chi connectivity index (χ1n) is 6.55. The Morgan fingerprint density at radius 1 is 1.30 bits per heavy atom. The van der Waals surface area contributed by atoms with Crippen molar-refractivity contribution in [2.24, 2.45) is 0 Å². The molecule has 1 aromatic carbocycles. The van der Waals surface area contributed by atoms with Crippen LogP contribution in [-0.2, 0) is 14.2 Å². The Balaban J connectivity index is 1.69. The minimum Gasteiger partial charge on any atom is -0.394 e. The van der Waals surface area contributed by atoms with Crippen LogP contribution in [0.5, 0.6) is 0 Å². The zero-order valence-electron chi connectivity index (χ0n) is 11.1. The summed E-state index contributed by atoms with van der Waals surface area (Å²) < 4.78 is 16.3. The average molecular weight is 279 g/mol. The molecule has 0 spiro atoms. The van der Waals surface area contributed by atoms with Gasteiger partial charge in [0.2, 0.25) is 0 Å². The lowest BCUT2D eigenvalue weighted by Crippen LogP contribution is -2.55. The van der Waals surface area contributed by atoms with Crippen molar-refractivity contribution in [1.29, 1.82) is 0 Å². The lowest BCUT2D eigenvalue weighted by molar-refractivity contribution is -0.190. The van der Waals surface area contributed by atoms with Crippen LogP contribution in [0, 0.1) is 0 Å². The zero-order valence-corrected chi connectivity index (χ0v) is 11.1. The summed E-state index contributed by atoms with van der Waals surface area (Å²) in [6.45, 7) is -0.125.